The third-order valence-corrected chi connectivity index (χ3v) is 4.81. The van der Waals surface area contributed by atoms with Gasteiger partial charge in [0.1, 0.15) is 0 Å². The molecule has 0 spiro atoms. The van der Waals surface area contributed by atoms with Crippen LogP contribution in [0.1, 0.15) is 0 Å². The van der Waals surface area contributed by atoms with Crippen molar-refractivity contribution in [2.24, 2.45) is 0 Å². The first-order valence-corrected chi connectivity index (χ1v) is 6.94. The summed E-state index contributed by atoms with van der Waals surface area (Å²) in [5.74, 6) is 2.70. The van der Waals surface area contributed by atoms with Crippen molar-refractivity contribution in [3.05, 3.63) is 8.73 Å². The Hall–Kier alpha value is 1.60. The van der Waals surface area contributed by atoms with Gasteiger partial charge in [-0.3, -0.25) is 0 Å². The predicted molar refractivity (Wildman–Crippen MR) is 65.1 cm³/mol. The molecule has 0 atom stereocenters. The summed E-state index contributed by atoms with van der Waals surface area (Å²) < 4.78 is 1.21. The summed E-state index contributed by atoms with van der Waals surface area (Å²) in [4.78, 5) is 0. The Bertz CT molecular complexity index is 132. The molecule has 6 heteroatoms. The molecule has 0 saturated heterocycles. The van der Waals surface area contributed by atoms with Gasteiger partial charge in [0.25, 0.3) is 0 Å². The van der Waals surface area contributed by atoms with Crippen LogP contribution in [0, 0.1) is 0 Å². The molecule has 0 N–H and O–H groups in total. The van der Waals surface area contributed by atoms with Crippen molar-refractivity contribution >= 4 is 69.9 Å². The van der Waals surface area contributed by atoms with Crippen LogP contribution in [-0.4, -0.2) is 23.3 Å². The minimum absolute atomic E-state index is 0.575. The molecule has 0 aliphatic heterocycles. The molecule has 0 aliphatic carbocycles. The third kappa shape index (κ3) is 7.05. The molecule has 0 aromatic rings. The maximum Gasteiger partial charge on any atom is 0.0986 e. The monoisotopic (exact) mass is 284 g/mol. The van der Waals surface area contributed by atoms with Gasteiger partial charge in [-0.15, -0.1) is 46.7 Å². The van der Waals surface area contributed by atoms with E-state index in [2.05, 4.69) is 0 Å². The van der Waals surface area contributed by atoms with Gasteiger partial charge in [0, 0.05) is 23.3 Å². The molecular weight excluding hydrogens is 278 g/mol. The van der Waals surface area contributed by atoms with E-state index in [4.69, 9.17) is 46.4 Å². The average molecular weight is 286 g/mol. The van der Waals surface area contributed by atoms with Crippen LogP contribution < -0.4 is 0 Å². The van der Waals surface area contributed by atoms with Gasteiger partial charge in [-0.1, -0.05) is 23.2 Å². The standard InChI is InChI=1S/C6H8Cl4S2/c7-1-3-11-5(9)6(10)12-4-2-8/h1-4H2/b6-5+. The molecule has 0 bridgehead atoms. The van der Waals surface area contributed by atoms with Crippen molar-refractivity contribution in [3.8, 4) is 0 Å². The van der Waals surface area contributed by atoms with Crippen LogP contribution in [0.25, 0.3) is 0 Å². The fraction of sp³-hybridized carbons (Fsp3) is 0.667. The fourth-order valence-corrected chi connectivity index (χ4v) is 2.72. The van der Waals surface area contributed by atoms with Crippen molar-refractivity contribution < 1.29 is 0 Å². The summed E-state index contributed by atoms with van der Waals surface area (Å²) in [6, 6.07) is 0. The molecular formula is C6H8Cl4S2. The Morgan fingerprint density at radius 3 is 1.42 bits per heavy atom. The van der Waals surface area contributed by atoms with Crippen LogP contribution in [0.5, 0.6) is 0 Å². The van der Waals surface area contributed by atoms with Gasteiger partial charge in [0.05, 0.1) is 8.73 Å². The molecule has 0 heterocycles. The minimum Gasteiger partial charge on any atom is -0.126 e. The van der Waals surface area contributed by atoms with Gasteiger partial charge in [-0.05, 0) is 0 Å². The highest BCUT2D eigenvalue weighted by molar-refractivity contribution is 8.08. The van der Waals surface area contributed by atoms with Crippen molar-refractivity contribution in [2.45, 2.75) is 0 Å². The maximum atomic E-state index is 5.83. The smallest absolute Gasteiger partial charge is 0.0986 e. The van der Waals surface area contributed by atoms with Crippen molar-refractivity contribution in [1.82, 2.24) is 0 Å². The highest BCUT2D eigenvalue weighted by Crippen LogP contribution is 2.33. The van der Waals surface area contributed by atoms with Gasteiger partial charge in [-0.25, -0.2) is 0 Å². The number of hydrogen-bond donors (Lipinski definition) is 0. The molecule has 0 unspecified atom stereocenters. The summed E-state index contributed by atoms with van der Waals surface area (Å²) in [5.41, 5.74) is 0. The van der Waals surface area contributed by atoms with Gasteiger partial charge in [-0.2, -0.15) is 0 Å². The van der Waals surface area contributed by atoms with E-state index in [1.165, 1.54) is 23.5 Å². The third-order valence-electron chi connectivity index (χ3n) is 0.766. The molecule has 0 aromatic heterocycles. The zero-order valence-corrected chi connectivity index (χ0v) is 10.8. The SMILES string of the molecule is ClCCS/C(Cl)=C(\Cl)SCCCl. The summed E-state index contributed by atoms with van der Waals surface area (Å²) in [6.07, 6.45) is 0. The van der Waals surface area contributed by atoms with Gasteiger partial charge in [0.15, 0.2) is 0 Å². The van der Waals surface area contributed by atoms with Crippen LogP contribution in [0.3, 0.4) is 0 Å². The Morgan fingerprint density at radius 2 is 1.17 bits per heavy atom. The zero-order chi connectivity index (χ0) is 9.40. The molecule has 0 fully saturated rings. The van der Waals surface area contributed by atoms with Gasteiger partial charge in [0.2, 0.25) is 0 Å². The predicted octanol–water partition coefficient (Wildman–Crippen LogP) is 4.53. The second kappa shape index (κ2) is 9.17. The highest BCUT2D eigenvalue weighted by atomic mass is 35.5. The first-order valence-electron chi connectivity index (χ1n) is 3.15. The summed E-state index contributed by atoms with van der Waals surface area (Å²) in [5, 5.41) is 0. The molecule has 72 valence electrons. The highest BCUT2D eigenvalue weighted by Gasteiger charge is 2.02. The van der Waals surface area contributed by atoms with Crippen LogP contribution in [0.2, 0.25) is 0 Å². The molecule has 0 rings (SSSR count). The second-order valence-electron chi connectivity index (χ2n) is 1.62. The lowest BCUT2D eigenvalue weighted by Gasteiger charge is -2.00. The number of alkyl halides is 2. The quantitative estimate of drug-likeness (QED) is 0.658. The molecule has 0 saturated carbocycles. The largest absolute Gasteiger partial charge is 0.126 e. The van der Waals surface area contributed by atoms with E-state index in [9.17, 15) is 0 Å². The van der Waals surface area contributed by atoms with Crippen molar-refractivity contribution in [1.29, 1.82) is 0 Å². The van der Waals surface area contributed by atoms with Crippen LogP contribution in [0.4, 0.5) is 0 Å². The van der Waals surface area contributed by atoms with E-state index >= 15 is 0 Å². The topological polar surface area (TPSA) is 0 Å². The van der Waals surface area contributed by atoms with Gasteiger partial charge >= 0.3 is 0 Å². The van der Waals surface area contributed by atoms with E-state index in [1.54, 1.807) is 0 Å². The number of halogens is 4. The van der Waals surface area contributed by atoms with E-state index in [0.29, 0.717) is 20.5 Å². The Morgan fingerprint density at radius 1 is 0.833 bits per heavy atom. The minimum atomic E-state index is 0.575. The Kier molecular flexibility index (Phi) is 10.4. The summed E-state index contributed by atoms with van der Waals surface area (Å²) >= 11 is 25.5. The molecule has 0 aromatic carbocycles. The molecule has 0 radical (unpaired) electrons. The van der Waals surface area contributed by atoms with Gasteiger partial charge < -0.3 is 0 Å². The van der Waals surface area contributed by atoms with Crippen molar-refractivity contribution in [3.63, 3.8) is 0 Å². The van der Waals surface area contributed by atoms with E-state index in [1.807, 2.05) is 0 Å². The second-order valence-corrected chi connectivity index (χ2v) is 5.79. The fourth-order valence-electron chi connectivity index (χ4n) is 0.370. The Balaban J connectivity index is 3.72. The number of hydrogen-bond acceptors (Lipinski definition) is 2. The van der Waals surface area contributed by atoms with Crippen LogP contribution in [0.15, 0.2) is 8.73 Å². The molecule has 0 nitrogen and oxygen atoms in total. The van der Waals surface area contributed by atoms with Crippen LogP contribution >= 0.6 is 69.9 Å². The lowest BCUT2D eigenvalue weighted by atomic mass is 11.0. The summed E-state index contributed by atoms with van der Waals surface area (Å²) in [6.45, 7) is 0. The maximum absolute atomic E-state index is 5.83. The lowest BCUT2D eigenvalue weighted by molar-refractivity contribution is 1.54. The van der Waals surface area contributed by atoms with Crippen LogP contribution in [-0.2, 0) is 0 Å². The molecule has 12 heavy (non-hydrogen) atoms. The number of rotatable bonds is 6. The van der Waals surface area contributed by atoms with Crippen molar-refractivity contribution in [2.75, 3.05) is 23.3 Å². The Labute approximate surface area is 101 Å². The number of thioether (sulfide) groups is 2. The molecule has 0 aliphatic rings. The van der Waals surface area contributed by atoms with E-state index in [-0.39, 0.29) is 0 Å². The molecule has 0 amide bonds. The average Bonchev–Trinajstić information content (AvgIpc) is 2.10. The lowest BCUT2D eigenvalue weighted by Crippen LogP contribution is -1.81. The first-order chi connectivity index (χ1) is 5.72. The zero-order valence-electron chi connectivity index (χ0n) is 6.16. The van der Waals surface area contributed by atoms with E-state index in [0.717, 1.165) is 11.5 Å². The first kappa shape index (κ1) is 13.6. The normalized spacial score (nSPS) is 13.0. The summed E-state index contributed by atoms with van der Waals surface area (Å²) in [7, 11) is 0. The van der Waals surface area contributed by atoms with E-state index < -0.39 is 0 Å².